The van der Waals surface area contributed by atoms with Gasteiger partial charge in [-0.2, -0.15) is 0 Å². The molecule has 0 radical (unpaired) electrons. The smallest absolute Gasteiger partial charge is 0.258 e. The number of pyridine rings is 1. The number of aryl methyl sites for hydroxylation is 1. The number of nitrogens with zero attached hydrogens (tertiary/aromatic N) is 2. The number of hydrogen-bond donors (Lipinski definition) is 0. The molecule has 1 saturated carbocycles. The number of aromatic nitrogens is 1. The van der Waals surface area contributed by atoms with Gasteiger partial charge in [-0.05, 0) is 49.4 Å². The van der Waals surface area contributed by atoms with Gasteiger partial charge in [0, 0.05) is 30.2 Å². The maximum absolute atomic E-state index is 13.1. The van der Waals surface area contributed by atoms with E-state index < -0.39 is 0 Å². The van der Waals surface area contributed by atoms with Gasteiger partial charge in [0.2, 0.25) is 0 Å². The predicted octanol–water partition coefficient (Wildman–Crippen LogP) is 4.62. The molecule has 0 bridgehead atoms. The quantitative estimate of drug-likeness (QED) is 0.826. The maximum atomic E-state index is 13.1. The fraction of sp³-hybridized carbons (Fsp3) is 0.400. The number of anilines is 1. The molecule has 0 unspecified atom stereocenters. The van der Waals surface area contributed by atoms with E-state index in [2.05, 4.69) is 4.98 Å². The average molecular weight is 308 g/mol. The van der Waals surface area contributed by atoms with E-state index in [0.717, 1.165) is 23.4 Å². The molecule has 0 N–H and O–H groups in total. The summed E-state index contributed by atoms with van der Waals surface area (Å²) in [6.45, 7) is 2.76. The molecule has 0 aliphatic heterocycles. The zero-order chi connectivity index (χ0) is 16.1. The number of hydrogen-bond acceptors (Lipinski definition) is 2. The Labute approximate surface area is 138 Å². The van der Waals surface area contributed by atoms with Crippen molar-refractivity contribution in [1.29, 1.82) is 0 Å². The van der Waals surface area contributed by atoms with Crippen molar-refractivity contribution in [3.63, 3.8) is 0 Å². The minimum absolute atomic E-state index is 0.0849. The third-order valence-electron chi connectivity index (χ3n) is 4.73. The minimum atomic E-state index is 0.0849. The highest BCUT2D eigenvalue weighted by atomic mass is 16.2. The van der Waals surface area contributed by atoms with Gasteiger partial charge in [-0.25, -0.2) is 0 Å². The van der Waals surface area contributed by atoms with Crippen LogP contribution in [0.3, 0.4) is 0 Å². The molecule has 1 aromatic carbocycles. The summed E-state index contributed by atoms with van der Waals surface area (Å²) in [7, 11) is 0. The number of carbonyl (C=O) groups is 1. The molecular weight excluding hydrogens is 284 g/mol. The number of carbonyl (C=O) groups excluding carboxylic acids is 1. The normalized spacial score (nSPS) is 15.3. The summed E-state index contributed by atoms with van der Waals surface area (Å²) in [4.78, 5) is 19.2. The molecule has 1 aliphatic rings. The molecule has 120 valence electrons. The van der Waals surface area contributed by atoms with Gasteiger partial charge in [0.1, 0.15) is 0 Å². The van der Waals surface area contributed by atoms with Crippen LogP contribution < -0.4 is 4.90 Å². The molecule has 1 aliphatic carbocycles. The largest absolute Gasteiger partial charge is 0.308 e. The first-order chi connectivity index (χ1) is 11.3. The van der Waals surface area contributed by atoms with Crippen LogP contribution in [0, 0.1) is 12.8 Å². The van der Waals surface area contributed by atoms with Crippen LogP contribution in [-0.2, 0) is 0 Å². The van der Waals surface area contributed by atoms with Crippen molar-refractivity contribution in [2.45, 2.75) is 39.0 Å². The van der Waals surface area contributed by atoms with Gasteiger partial charge in [0.15, 0.2) is 0 Å². The van der Waals surface area contributed by atoms with E-state index in [1.165, 1.54) is 32.1 Å². The topological polar surface area (TPSA) is 33.2 Å². The van der Waals surface area contributed by atoms with Crippen LogP contribution in [0.4, 0.5) is 5.69 Å². The van der Waals surface area contributed by atoms with Gasteiger partial charge < -0.3 is 4.90 Å². The minimum Gasteiger partial charge on any atom is -0.308 e. The van der Waals surface area contributed by atoms with Gasteiger partial charge in [0.05, 0.1) is 0 Å². The van der Waals surface area contributed by atoms with E-state index in [1.54, 1.807) is 12.4 Å². The van der Waals surface area contributed by atoms with Crippen molar-refractivity contribution in [3.05, 3.63) is 59.9 Å². The van der Waals surface area contributed by atoms with Gasteiger partial charge in [-0.1, -0.05) is 37.5 Å². The first kappa shape index (κ1) is 15.7. The molecule has 1 heterocycles. The standard InChI is InChI=1S/C20H24N2O/c1-16-14-21-13-12-19(16)20(23)22(18-10-6-3-7-11-18)15-17-8-4-2-5-9-17/h3,6-7,10-14,17H,2,4-5,8-9,15H2,1H3. The molecule has 1 amide bonds. The first-order valence-electron chi connectivity index (χ1n) is 8.53. The second kappa shape index (κ2) is 7.40. The van der Waals surface area contributed by atoms with Crippen molar-refractivity contribution in [1.82, 2.24) is 4.98 Å². The summed E-state index contributed by atoms with van der Waals surface area (Å²) < 4.78 is 0. The Hall–Kier alpha value is -2.16. The molecule has 3 heteroatoms. The van der Waals surface area contributed by atoms with Crippen LogP contribution in [0.15, 0.2) is 48.8 Å². The predicted molar refractivity (Wildman–Crippen MR) is 93.7 cm³/mol. The van der Waals surface area contributed by atoms with Crippen molar-refractivity contribution in [3.8, 4) is 0 Å². The van der Waals surface area contributed by atoms with Crippen LogP contribution >= 0.6 is 0 Å². The third-order valence-corrected chi connectivity index (χ3v) is 4.73. The number of para-hydroxylation sites is 1. The summed E-state index contributed by atoms with van der Waals surface area (Å²) in [5, 5.41) is 0. The molecule has 3 rings (SSSR count). The van der Waals surface area contributed by atoms with E-state index >= 15 is 0 Å². The number of benzene rings is 1. The van der Waals surface area contributed by atoms with Crippen LogP contribution in [0.1, 0.15) is 48.0 Å². The Kier molecular flexibility index (Phi) is 5.06. The van der Waals surface area contributed by atoms with Gasteiger partial charge in [-0.15, -0.1) is 0 Å². The fourth-order valence-electron chi connectivity index (χ4n) is 3.40. The highest BCUT2D eigenvalue weighted by Gasteiger charge is 2.24. The van der Waals surface area contributed by atoms with E-state index in [0.29, 0.717) is 5.92 Å². The van der Waals surface area contributed by atoms with Crippen LogP contribution in [0.2, 0.25) is 0 Å². The highest BCUT2D eigenvalue weighted by molar-refractivity contribution is 6.06. The van der Waals surface area contributed by atoms with Crippen molar-refractivity contribution in [2.75, 3.05) is 11.4 Å². The van der Waals surface area contributed by atoms with Crippen molar-refractivity contribution in [2.24, 2.45) is 5.92 Å². The van der Waals surface area contributed by atoms with Gasteiger partial charge in [-0.3, -0.25) is 9.78 Å². The SMILES string of the molecule is Cc1cnccc1C(=O)N(CC1CCCCC1)c1ccccc1. The molecule has 2 aromatic rings. The lowest BCUT2D eigenvalue weighted by atomic mass is 9.88. The van der Waals surface area contributed by atoms with Gasteiger partial charge in [0.25, 0.3) is 5.91 Å². The Morgan fingerprint density at radius 3 is 2.57 bits per heavy atom. The summed E-state index contributed by atoms with van der Waals surface area (Å²) in [6, 6.07) is 11.9. The lowest BCUT2D eigenvalue weighted by Crippen LogP contribution is -2.36. The molecular formula is C20H24N2O. The lowest BCUT2D eigenvalue weighted by Gasteiger charge is -2.30. The Morgan fingerprint density at radius 2 is 1.87 bits per heavy atom. The molecule has 23 heavy (non-hydrogen) atoms. The molecule has 3 nitrogen and oxygen atoms in total. The highest BCUT2D eigenvalue weighted by Crippen LogP contribution is 2.27. The Balaban J connectivity index is 1.88. The maximum Gasteiger partial charge on any atom is 0.258 e. The zero-order valence-electron chi connectivity index (χ0n) is 13.7. The molecule has 0 saturated heterocycles. The third kappa shape index (κ3) is 3.79. The molecule has 1 fully saturated rings. The van der Waals surface area contributed by atoms with Crippen molar-refractivity contribution < 1.29 is 4.79 Å². The molecule has 1 aromatic heterocycles. The Morgan fingerprint density at radius 1 is 1.13 bits per heavy atom. The lowest BCUT2D eigenvalue weighted by molar-refractivity contribution is 0.0979. The van der Waals surface area contributed by atoms with Crippen LogP contribution in [0.25, 0.3) is 0 Å². The summed E-state index contributed by atoms with van der Waals surface area (Å²) in [5.41, 5.74) is 2.67. The second-order valence-electron chi connectivity index (χ2n) is 6.45. The monoisotopic (exact) mass is 308 g/mol. The average Bonchev–Trinajstić information content (AvgIpc) is 2.61. The second-order valence-corrected chi connectivity index (χ2v) is 6.45. The van der Waals surface area contributed by atoms with E-state index in [1.807, 2.05) is 48.2 Å². The van der Waals surface area contributed by atoms with Crippen molar-refractivity contribution >= 4 is 11.6 Å². The summed E-state index contributed by atoms with van der Waals surface area (Å²) in [5.74, 6) is 0.691. The Bertz CT molecular complexity index is 648. The number of rotatable bonds is 4. The first-order valence-corrected chi connectivity index (χ1v) is 8.53. The summed E-state index contributed by atoms with van der Waals surface area (Å²) >= 11 is 0. The van der Waals surface area contributed by atoms with Gasteiger partial charge >= 0.3 is 0 Å². The van der Waals surface area contributed by atoms with Crippen LogP contribution in [0.5, 0.6) is 0 Å². The summed E-state index contributed by atoms with van der Waals surface area (Å²) in [6.07, 6.45) is 9.82. The van der Waals surface area contributed by atoms with E-state index in [-0.39, 0.29) is 5.91 Å². The van der Waals surface area contributed by atoms with Crippen LogP contribution in [-0.4, -0.2) is 17.4 Å². The van der Waals surface area contributed by atoms with E-state index in [9.17, 15) is 4.79 Å². The number of amides is 1. The fourth-order valence-corrected chi connectivity index (χ4v) is 3.40. The molecule has 0 atom stereocenters. The zero-order valence-corrected chi connectivity index (χ0v) is 13.7. The van der Waals surface area contributed by atoms with E-state index in [4.69, 9.17) is 0 Å². The molecule has 0 spiro atoms.